The molecule has 2 amide bonds. The maximum Gasteiger partial charge on any atom is 0.416 e. The number of carbonyl (C=O) groups excluding carboxylic acids is 2. The zero-order chi connectivity index (χ0) is 8.91. The molecule has 0 unspecified atom stereocenters. The number of ether oxygens (including phenoxy) is 1. The summed E-state index contributed by atoms with van der Waals surface area (Å²) >= 11 is 15.8. The highest BCUT2D eigenvalue weighted by atomic mass is 35.5. The highest BCUT2D eigenvalue weighted by Crippen LogP contribution is 2.23. The third-order valence-electron chi connectivity index (χ3n) is 0.574. The summed E-state index contributed by atoms with van der Waals surface area (Å²) in [5.41, 5.74) is 0. The number of carbonyl (C=O) groups is 2. The second kappa shape index (κ2) is 4.64. The van der Waals surface area contributed by atoms with Crippen LogP contribution < -0.4 is 5.32 Å². The molecule has 0 heterocycles. The fourth-order valence-electron chi connectivity index (χ4n) is 0.240. The van der Waals surface area contributed by atoms with Gasteiger partial charge in [-0.25, -0.2) is 4.79 Å². The molecule has 0 aromatic carbocycles. The summed E-state index contributed by atoms with van der Waals surface area (Å²) in [5.74, 6) is -0.289. The van der Waals surface area contributed by atoms with Crippen molar-refractivity contribution in [3.05, 3.63) is 0 Å². The van der Waals surface area contributed by atoms with Gasteiger partial charge in [-0.2, -0.15) is 0 Å². The van der Waals surface area contributed by atoms with Crippen molar-refractivity contribution < 1.29 is 14.3 Å². The highest BCUT2D eigenvalue weighted by molar-refractivity contribution is 6.50. The lowest BCUT2D eigenvalue weighted by atomic mass is 10.8. The van der Waals surface area contributed by atoms with Gasteiger partial charge in [0.05, 0.1) is 5.88 Å². The van der Waals surface area contributed by atoms with E-state index in [4.69, 9.17) is 34.8 Å². The molecule has 0 radical (unpaired) electrons. The van der Waals surface area contributed by atoms with Gasteiger partial charge >= 0.3 is 6.09 Å². The Balaban J connectivity index is 3.82. The minimum Gasteiger partial charge on any atom is -0.411 e. The zero-order valence-electron chi connectivity index (χ0n) is 5.14. The minimum absolute atomic E-state index is 0.139. The van der Waals surface area contributed by atoms with Crippen LogP contribution in [-0.4, -0.2) is 22.9 Å². The van der Waals surface area contributed by atoms with Crippen molar-refractivity contribution in [2.45, 2.75) is 4.52 Å². The van der Waals surface area contributed by atoms with Gasteiger partial charge in [0.15, 0.2) is 0 Å². The Hall–Kier alpha value is -0.190. The first-order chi connectivity index (χ1) is 5.02. The van der Waals surface area contributed by atoms with Crippen LogP contribution in [0.2, 0.25) is 0 Å². The van der Waals surface area contributed by atoms with Crippen LogP contribution in [0.25, 0.3) is 0 Å². The van der Waals surface area contributed by atoms with Gasteiger partial charge in [0.2, 0.25) is 6.41 Å². The van der Waals surface area contributed by atoms with Gasteiger partial charge in [0.25, 0.3) is 4.52 Å². The number of halogens is 3. The predicted octanol–water partition coefficient (Wildman–Crippen LogP) is 1.24. The molecule has 0 aliphatic carbocycles. The number of imide groups is 1. The van der Waals surface area contributed by atoms with Crippen LogP contribution in [0, 0.1) is 0 Å². The molecule has 1 N–H and O–H groups in total. The number of rotatable bonds is 3. The molecule has 0 saturated carbocycles. The second-order valence-corrected chi connectivity index (χ2v) is 3.10. The van der Waals surface area contributed by atoms with Crippen LogP contribution in [0.15, 0.2) is 0 Å². The van der Waals surface area contributed by atoms with Crippen molar-refractivity contribution in [2.75, 3.05) is 5.88 Å². The molecule has 11 heavy (non-hydrogen) atoms. The number of nitrogens with one attached hydrogen (secondary N) is 1. The molecular formula is C4H4Cl3NO3. The Morgan fingerprint density at radius 3 is 2.55 bits per heavy atom. The van der Waals surface area contributed by atoms with Gasteiger partial charge in [-0.1, -0.05) is 23.2 Å². The van der Waals surface area contributed by atoms with E-state index in [1.54, 1.807) is 5.32 Å². The molecule has 0 rings (SSSR count). The summed E-state index contributed by atoms with van der Waals surface area (Å²) in [6.45, 7) is 0. The van der Waals surface area contributed by atoms with E-state index in [0.717, 1.165) is 0 Å². The van der Waals surface area contributed by atoms with E-state index < -0.39 is 10.6 Å². The molecule has 0 spiro atoms. The third-order valence-corrected chi connectivity index (χ3v) is 1.65. The average Bonchev–Trinajstić information content (AvgIpc) is 1.87. The van der Waals surface area contributed by atoms with Gasteiger partial charge < -0.3 is 4.74 Å². The number of alkyl carbamates (subject to hydrolysis) is 1. The fourth-order valence-corrected chi connectivity index (χ4v) is 0.435. The van der Waals surface area contributed by atoms with Crippen molar-refractivity contribution in [3.8, 4) is 0 Å². The lowest BCUT2D eigenvalue weighted by molar-refractivity contribution is -0.109. The molecule has 7 heteroatoms. The van der Waals surface area contributed by atoms with Crippen molar-refractivity contribution in [1.29, 1.82) is 0 Å². The van der Waals surface area contributed by atoms with Gasteiger partial charge in [-0.3, -0.25) is 10.1 Å². The second-order valence-electron chi connectivity index (χ2n) is 1.42. The summed E-state index contributed by atoms with van der Waals surface area (Å²) in [4.78, 5) is 20.1. The Morgan fingerprint density at radius 1 is 1.64 bits per heavy atom. The number of alkyl halides is 3. The normalized spacial score (nSPS) is 10.5. The fraction of sp³-hybridized carbons (Fsp3) is 0.500. The molecule has 0 aliphatic heterocycles. The van der Waals surface area contributed by atoms with E-state index in [9.17, 15) is 9.59 Å². The Morgan fingerprint density at radius 2 is 2.18 bits per heavy atom. The molecular weight excluding hydrogens is 216 g/mol. The molecule has 4 nitrogen and oxygen atoms in total. The van der Waals surface area contributed by atoms with Crippen molar-refractivity contribution in [1.82, 2.24) is 5.32 Å². The summed E-state index contributed by atoms with van der Waals surface area (Å²) in [5, 5.41) is 1.67. The monoisotopic (exact) mass is 219 g/mol. The minimum atomic E-state index is -1.80. The SMILES string of the molecule is O=CNC(=O)OC(Cl)(Cl)CCl. The quantitative estimate of drug-likeness (QED) is 0.575. The zero-order valence-corrected chi connectivity index (χ0v) is 7.41. The van der Waals surface area contributed by atoms with Crippen LogP contribution in [0.1, 0.15) is 0 Å². The molecule has 0 bridgehead atoms. The average molecular weight is 220 g/mol. The summed E-state index contributed by atoms with van der Waals surface area (Å²) < 4.78 is 2.45. The number of hydrogen-bond acceptors (Lipinski definition) is 3. The first kappa shape index (κ1) is 10.8. The number of amides is 2. The van der Waals surface area contributed by atoms with Crippen molar-refractivity contribution in [3.63, 3.8) is 0 Å². The van der Waals surface area contributed by atoms with Crippen LogP contribution in [0.3, 0.4) is 0 Å². The van der Waals surface area contributed by atoms with Gasteiger partial charge in [0.1, 0.15) is 0 Å². The smallest absolute Gasteiger partial charge is 0.411 e. The van der Waals surface area contributed by atoms with Gasteiger partial charge in [-0.15, -0.1) is 11.6 Å². The lowest BCUT2D eigenvalue weighted by Gasteiger charge is -2.15. The number of hydrogen-bond donors (Lipinski definition) is 1. The Labute approximate surface area is 77.7 Å². The molecule has 64 valence electrons. The largest absolute Gasteiger partial charge is 0.416 e. The standard InChI is InChI=1S/C4H4Cl3NO3/c5-1-4(6,7)11-3(10)8-2-9/h2H,1H2,(H,8,9,10). The summed E-state index contributed by atoms with van der Waals surface area (Å²) in [6, 6.07) is 0. The first-order valence-corrected chi connectivity index (χ1v) is 3.68. The van der Waals surface area contributed by atoms with E-state index in [2.05, 4.69) is 4.74 Å². The van der Waals surface area contributed by atoms with Gasteiger partial charge in [-0.05, 0) is 0 Å². The van der Waals surface area contributed by atoms with E-state index in [0.29, 0.717) is 0 Å². The van der Waals surface area contributed by atoms with Crippen LogP contribution in [-0.2, 0) is 9.53 Å². The van der Waals surface area contributed by atoms with E-state index in [1.165, 1.54) is 0 Å². The van der Waals surface area contributed by atoms with Crippen molar-refractivity contribution in [2.24, 2.45) is 0 Å². The molecule has 0 saturated heterocycles. The maximum atomic E-state index is 10.4. The summed E-state index contributed by atoms with van der Waals surface area (Å²) in [7, 11) is 0. The predicted molar refractivity (Wildman–Crippen MR) is 40.8 cm³/mol. The van der Waals surface area contributed by atoms with Crippen LogP contribution in [0.4, 0.5) is 4.79 Å². The Bertz CT molecular complexity index is 161. The first-order valence-electron chi connectivity index (χ1n) is 2.39. The molecule has 0 atom stereocenters. The van der Waals surface area contributed by atoms with E-state index >= 15 is 0 Å². The van der Waals surface area contributed by atoms with Crippen LogP contribution in [0.5, 0.6) is 0 Å². The highest BCUT2D eigenvalue weighted by Gasteiger charge is 2.27. The molecule has 0 aromatic heterocycles. The topological polar surface area (TPSA) is 55.4 Å². The molecule has 0 aromatic rings. The van der Waals surface area contributed by atoms with E-state index in [-0.39, 0.29) is 12.3 Å². The maximum absolute atomic E-state index is 10.4. The molecule has 0 fully saturated rings. The van der Waals surface area contributed by atoms with Gasteiger partial charge in [0, 0.05) is 0 Å². The Kier molecular flexibility index (Phi) is 4.56. The van der Waals surface area contributed by atoms with Crippen molar-refractivity contribution >= 4 is 47.3 Å². The molecule has 0 aliphatic rings. The summed E-state index contributed by atoms with van der Waals surface area (Å²) in [6.07, 6.45) is -0.911. The lowest BCUT2D eigenvalue weighted by Crippen LogP contribution is -2.31. The van der Waals surface area contributed by atoms with E-state index in [1.807, 2.05) is 0 Å². The van der Waals surface area contributed by atoms with Crippen LogP contribution >= 0.6 is 34.8 Å². The third kappa shape index (κ3) is 5.12.